The Morgan fingerprint density at radius 3 is 2.93 bits per heavy atom. The van der Waals surface area contributed by atoms with Gasteiger partial charge in [0.25, 0.3) is 0 Å². The highest BCUT2D eigenvalue weighted by Crippen LogP contribution is 2.27. The summed E-state index contributed by atoms with van der Waals surface area (Å²) in [5.41, 5.74) is 1.44. The van der Waals surface area contributed by atoms with Gasteiger partial charge in [-0.25, -0.2) is 4.39 Å². The number of hydrogen-bond acceptors (Lipinski definition) is 6. The molecular weight excluding hydrogens is 393 g/mol. The lowest BCUT2D eigenvalue weighted by molar-refractivity contribution is -0.137. The molecule has 0 saturated carbocycles. The number of ether oxygens (including phenoxy) is 1. The lowest BCUT2D eigenvalue weighted by Gasteiger charge is -2.09. The quantitative estimate of drug-likeness (QED) is 0.427. The van der Waals surface area contributed by atoms with Gasteiger partial charge >= 0.3 is 5.97 Å². The van der Waals surface area contributed by atoms with Crippen molar-refractivity contribution in [1.82, 2.24) is 15.6 Å². The predicted molar refractivity (Wildman–Crippen MR) is 105 cm³/mol. The highest BCUT2D eigenvalue weighted by Gasteiger charge is 2.23. The summed E-state index contributed by atoms with van der Waals surface area (Å²) >= 11 is 0. The van der Waals surface area contributed by atoms with Crippen LogP contribution in [-0.4, -0.2) is 41.3 Å². The zero-order valence-electron chi connectivity index (χ0n) is 15.9. The monoisotopic (exact) mass is 413 g/mol. The van der Waals surface area contributed by atoms with Gasteiger partial charge in [0, 0.05) is 37.3 Å². The van der Waals surface area contributed by atoms with E-state index in [0.29, 0.717) is 36.4 Å². The fourth-order valence-electron chi connectivity index (χ4n) is 2.89. The molecule has 8 nitrogen and oxygen atoms in total. The Bertz CT molecular complexity index is 992. The highest BCUT2D eigenvalue weighted by atomic mass is 19.1. The molecule has 1 aliphatic heterocycles. The second-order valence-electron chi connectivity index (χ2n) is 6.64. The standard InChI is InChI=1S/C21H20FN3O5/c22-16-4-3-13(12-26)8-19(16)30-15-5-7-23-18(10-15)17-9-14(11-25-17)21(29)24-6-1-2-20(27)28/h3-5,7-10,12,14,25H,1-2,6,11H2,(H,24,29)(H,27,28). The molecule has 3 rings (SSSR count). The van der Waals surface area contributed by atoms with Crippen molar-refractivity contribution in [2.24, 2.45) is 5.92 Å². The third-order valence-corrected chi connectivity index (χ3v) is 4.41. The second kappa shape index (κ2) is 9.64. The largest absolute Gasteiger partial charge is 0.481 e. The van der Waals surface area contributed by atoms with Gasteiger partial charge in [0.05, 0.1) is 17.3 Å². The number of carboxylic acids is 1. The smallest absolute Gasteiger partial charge is 0.303 e. The number of benzene rings is 1. The number of carboxylic acid groups (broad SMARTS) is 1. The molecule has 1 aromatic carbocycles. The maximum atomic E-state index is 13.9. The maximum Gasteiger partial charge on any atom is 0.303 e. The first kappa shape index (κ1) is 21.0. The topological polar surface area (TPSA) is 118 Å². The SMILES string of the molecule is O=Cc1ccc(F)c(Oc2ccnc(C3=CC(C(=O)NCCCC(=O)O)CN3)c2)c1. The summed E-state index contributed by atoms with van der Waals surface area (Å²) in [5.74, 6) is -1.88. The van der Waals surface area contributed by atoms with E-state index >= 15 is 0 Å². The van der Waals surface area contributed by atoms with Crippen LogP contribution in [0.4, 0.5) is 4.39 Å². The van der Waals surface area contributed by atoms with E-state index in [1.54, 1.807) is 18.2 Å². The molecule has 2 aromatic rings. The fraction of sp³-hybridized carbons (Fsp3) is 0.238. The average Bonchev–Trinajstić information content (AvgIpc) is 3.23. The summed E-state index contributed by atoms with van der Waals surface area (Å²) in [7, 11) is 0. The highest BCUT2D eigenvalue weighted by molar-refractivity contribution is 5.84. The van der Waals surface area contributed by atoms with E-state index in [1.165, 1.54) is 18.3 Å². The lowest BCUT2D eigenvalue weighted by atomic mass is 10.1. The van der Waals surface area contributed by atoms with Crippen LogP contribution in [0.3, 0.4) is 0 Å². The second-order valence-corrected chi connectivity index (χ2v) is 6.64. The number of pyridine rings is 1. The number of amides is 1. The molecule has 156 valence electrons. The van der Waals surface area contributed by atoms with Gasteiger partial charge < -0.3 is 20.5 Å². The van der Waals surface area contributed by atoms with Gasteiger partial charge in [-0.1, -0.05) is 0 Å². The van der Waals surface area contributed by atoms with Crippen molar-refractivity contribution in [2.75, 3.05) is 13.1 Å². The van der Waals surface area contributed by atoms with Gasteiger partial charge in [0.1, 0.15) is 12.0 Å². The van der Waals surface area contributed by atoms with Crippen molar-refractivity contribution < 1.29 is 28.6 Å². The number of hydrogen-bond donors (Lipinski definition) is 3. The van der Waals surface area contributed by atoms with E-state index in [4.69, 9.17) is 9.84 Å². The molecule has 9 heteroatoms. The number of halogens is 1. The summed E-state index contributed by atoms with van der Waals surface area (Å²) in [5, 5.41) is 14.4. The van der Waals surface area contributed by atoms with Gasteiger partial charge in [-0.2, -0.15) is 0 Å². The third kappa shape index (κ3) is 5.40. The van der Waals surface area contributed by atoms with Crippen LogP contribution in [0.15, 0.2) is 42.6 Å². The Morgan fingerprint density at radius 2 is 2.17 bits per heavy atom. The van der Waals surface area contributed by atoms with Gasteiger partial charge in [0.15, 0.2) is 11.6 Å². The van der Waals surface area contributed by atoms with Crippen LogP contribution in [0.25, 0.3) is 5.70 Å². The average molecular weight is 413 g/mol. The van der Waals surface area contributed by atoms with Crippen LogP contribution in [-0.2, 0) is 9.59 Å². The van der Waals surface area contributed by atoms with E-state index in [9.17, 15) is 18.8 Å². The molecule has 1 aliphatic rings. The minimum absolute atomic E-state index is 0.00263. The molecule has 2 heterocycles. The van der Waals surface area contributed by atoms with Gasteiger partial charge in [-0.15, -0.1) is 0 Å². The van der Waals surface area contributed by atoms with Crippen LogP contribution in [0.1, 0.15) is 28.9 Å². The van der Waals surface area contributed by atoms with Crippen LogP contribution in [0, 0.1) is 11.7 Å². The Balaban J connectivity index is 1.66. The van der Waals surface area contributed by atoms with Crippen LogP contribution < -0.4 is 15.4 Å². The molecule has 1 aromatic heterocycles. The number of aldehydes is 1. The Labute approximate surface area is 171 Å². The fourth-order valence-corrected chi connectivity index (χ4v) is 2.89. The summed E-state index contributed by atoms with van der Waals surface area (Å²) in [6, 6.07) is 6.97. The van der Waals surface area contributed by atoms with E-state index in [2.05, 4.69) is 15.6 Å². The number of rotatable bonds is 9. The van der Waals surface area contributed by atoms with E-state index in [-0.39, 0.29) is 30.2 Å². The van der Waals surface area contributed by atoms with E-state index in [0.717, 1.165) is 6.07 Å². The van der Waals surface area contributed by atoms with E-state index in [1.807, 2.05) is 0 Å². The minimum atomic E-state index is -0.903. The maximum absolute atomic E-state index is 13.9. The van der Waals surface area contributed by atoms with Crippen molar-refractivity contribution in [2.45, 2.75) is 12.8 Å². The van der Waals surface area contributed by atoms with Crippen molar-refractivity contribution in [3.8, 4) is 11.5 Å². The molecule has 30 heavy (non-hydrogen) atoms. The first-order chi connectivity index (χ1) is 14.5. The molecule has 3 N–H and O–H groups in total. The first-order valence-corrected chi connectivity index (χ1v) is 9.30. The van der Waals surface area contributed by atoms with Gasteiger partial charge in [-0.05, 0) is 36.8 Å². The molecule has 0 fully saturated rings. The number of aliphatic carboxylic acids is 1. The zero-order valence-corrected chi connectivity index (χ0v) is 15.9. The number of nitrogens with one attached hydrogen (secondary N) is 2. The summed E-state index contributed by atoms with van der Waals surface area (Å²) in [6.45, 7) is 0.667. The summed E-state index contributed by atoms with van der Waals surface area (Å²) in [4.78, 5) is 37.9. The number of carbonyl (C=O) groups excluding carboxylic acids is 2. The Hall–Kier alpha value is -3.75. The Kier molecular flexibility index (Phi) is 6.74. The van der Waals surface area contributed by atoms with Crippen LogP contribution in [0.5, 0.6) is 11.5 Å². The van der Waals surface area contributed by atoms with Crippen molar-refractivity contribution >= 4 is 23.9 Å². The van der Waals surface area contributed by atoms with Crippen LogP contribution >= 0.6 is 0 Å². The summed E-state index contributed by atoms with van der Waals surface area (Å²) < 4.78 is 19.5. The first-order valence-electron chi connectivity index (χ1n) is 9.30. The molecule has 0 spiro atoms. The molecule has 1 atom stereocenters. The normalized spacial score (nSPS) is 15.1. The van der Waals surface area contributed by atoms with Crippen molar-refractivity contribution in [3.63, 3.8) is 0 Å². The van der Waals surface area contributed by atoms with E-state index < -0.39 is 17.7 Å². The molecule has 0 radical (unpaired) electrons. The lowest BCUT2D eigenvalue weighted by Crippen LogP contribution is -2.32. The predicted octanol–water partition coefficient (Wildman–Crippen LogP) is 2.37. The molecule has 0 aliphatic carbocycles. The third-order valence-electron chi connectivity index (χ3n) is 4.41. The number of carbonyl (C=O) groups is 3. The molecule has 1 amide bonds. The minimum Gasteiger partial charge on any atom is -0.481 e. The number of aromatic nitrogens is 1. The molecule has 1 unspecified atom stereocenters. The number of nitrogens with zero attached hydrogens (tertiary/aromatic N) is 1. The van der Waals surface area contributed by atoms with Crippen LogP contribution in [0.2, 0.25) is 0 Å². The zero-order chi connectivity index (χ0) is 21.5. The molecular formula is C21H20FN3O5. The van der Waals surface area contributed by atoms with Crippen molar-refractivity contribution in [1.29, 1.82) is 0 Å². The van der Waals surface area contributed by atoms with Gasteiger partial charge in [-0.3, -0.25) is 19.4 Å². The molecule has 0 bridgehead atoms. The summed E-state index contributed by atoms with van der Waals surface area (Å²) in [6.07, 6.45) is 4.18. The Morgan fingerprint density at radius 1 is 1.33 bits per heavy atom. The van der Waals surface area contributed by atoms with Gasteiger partial charge in [0.2, 0.25) is 5.91 Å². The van der Waals surface area contributed by atoms with Crippen molar-refractivity contribution in [3.05, 3.63) is 59.7 Å². The molecule has 0 saturated heterocycles.